The van der Waals surface area contributed by atoms with Crippen molar-refractivity contribution in [1.29, 1.82) is 0 Å². The molecular formula is C55H62N2O4. The van der Waals surface area contributed by atoms with Crippen LogP contribution in [0.2, 0.25) is 0 Å². The molecule has 0 heterocycles. The maximum absolute atomic E-state index is 5.95. The van der Waals surface area contributed by atoms with E-state index in [-0.39, 0.29) is 0 Å². The van der Waals surface area contributed by atoms with Gasteiger partial charge in [0.1, 0.15) is 23.0 Å². The van der Waals surface area contributed by atoms with Gasteiger partial charge in [-0.05, 0) is 165 Å². The van der Waals surface area contributed by atoms with E-state index in [4.69, 9.17) is 28.9 Å². The Balaban J connectivity index is 1.19. The summed E-state index contributed by atoms with van der Waals surface area (Å²) < 4.78 is 23.8. The summed E-state index contributed by atoms with van der Waals surface area (Å²) in [5.41, 5.74) is 10.1. The molecule has 0 aromatic heterocycles. The average molecular weight is 815 g/mol. The third kappa shape index (κ3) is 14.0. The van der Waals surface area contributed by atoms with Crippen LogP contribution >= 0.6 is 0 Å². The number of benzene rings is 6. The lowest BCUT2D eigenvalue weighted by Gasteiger charge is -2.12. The van der Waals surface area contributed by atoms with Crippen LogP contribution in [0.4, 0.5) is 11.4 Å². The van der Waals surface area contributed by atoms with Gasteiger partial charge in [0.15, 0.2) is 0 Å². The van der Waals surface area contributed by atoms with Crippen molar-refractivity contribution in [3.05, 3.63) is 179 Å². The second-order valence-corrected chi connectivity index (χ2v) is 15.3. The van der Waals surface area contributed by atoms with Gasteiger partial charge in [0.2, 0.25) is 0 Å². The Hall–Kier alpha value is -6.14. The lowest BCUT2D eigenvalue weighted by molar-refractivity contribution is 0.309. The van der Waals surface area contributed by atoms with Crippen LogP contribution < -0.4 is 18.9 Å². The molecule has 0 bridgehead atoms. The fourth-order valence-corrected chi connectivity index (χ4v) is 6.64. The number of unbranched alkanes of at least 4 members (excludes halogenated alkanes) is 4. The third-order valence-electron chi connectivity index (χ3n) is 10.3. The van der Waals surface area contributed by atoms with Crippen molar-refractivity contribution in [3.63, 3.8) is 0 Å². The van der Waals surface area contributed by atoms with E-state index in [9.17, 15) is 0 Å². The first-order valence-corrected chi connectivity index (χ1v) is 22.3. The molecule has 0 saturated heterocycles. The molecule has 0 aliphatic heterocycles. The first-order chi connectivity index (χ1) is 30.0. The fourth-order valence-electron chi connectivity index (χ4n) is 6.64. The predicted octanol–water partition coefficient (Wildman–Crippen LogP) is 14.3. The highest BCUT2D eigenvalue weighted by Gasteiger charge is 2.12. The Bertz CT molecular complexity index is 1950. The number of ether oxygens (including phenoxy) is 4. The summed E-state index contributed by atoms with van der Waals surface area (Å²) in [7, 11) is 0. The topological polar surface area (TPSA) is 61.6 Å². The van der Waals surface area contributed by atoms with Crippen LogP contribution in [0.1, 0.15) is 112 Å². The van der Waals surface area contributed by atoms with Crippen molar-refractivity contribution in [1.82, 2.24) is 0 Å². The first kappa shape index (κ1) is 44.4. The molecule has 0 spiro atoms. The minimum Gasteiger partial charge on any atom is -0.494 e. The molecule has 6 rings (SSSR count). The molecular weight excluding hydrogens is 753 g/mol. The molecule has 0 radical (unpaired) electrons. The molecule has 0 aliphatic rings. The van der Waals surface area contributed by atoms with Crippen LogP contribution in [-0.4, -0.2) is 37.9 Å². The largest absolute Gasteiger partial charge is 0.494 e. The van der Waals surface area contributed by atoms with Crippen molar-refractivity contribution in [2.75, 3.05) is 26.4 Å². The number of hydrogen-bond donors (Lipinski definition) is 0. The Morgan fingerprint density at radius 1 is 0.328 bits per heavy atom. The summed E-state index contributed by atoms with van der Waals surface area (Å²) in [6.07, 6.45) is 9.36. The lowest BCUT2D eigenvalue weighted by atomic mass is 10.0. The van der Waals surface area contributed by atoms with Gasteiger partial charge < -0.3 is 18.9 Å². The van der Waals surface area contributed by atoms with Gasteiger partial charge in [0.25, 0.3) is 0 Å². The Labute approximate surface area is 364 Å². The van der Waals surface area contributed by atoms with Gasteiger partial charge in [-0.15, -0.1) is 0 Å². The molecule has 0 saturated carbocycles. The molecule has 61 heavy (non-hydrogen) atoms. The van der Waals surface area contributed by atoms with Crippen LogP contribution in [0.15, 0.2) is 156 Å². The highest BCUT2D eigenvalue weighted by molar-refractivity contribution is 6.14. The van der Waals surface area contributed by atoms with Gasteiger partial charge in [0.05, 0.1) is 49.2 Å². The molecule has 6 aromatic carbocycles. The smallest absolute Gasteiger partial charge is 0.119 e. The Morgan fingerprint density at radius 3 is 0.803 bits per heavy atom. The van der Waals surface area contributed by atoms with Crippen molar-refractivity contribution in [2.24, 2.45) is 9.98 Å². The normalized spacial score (nSPS) is 10.8. The molecule has 0 N–H and O–H groups in total. The zero-order valence-corrected chi connectivity index (χ0v) is 36.6. The Morgan fingerprint density at radius 2 is 0.574 bits per heavy atom. The van der Waals surface area contributed by atoms with E-state index in [2.05, 4.69) is 125 Å². The minimum absolute atomic E-state index is 0.719. The second kappa shape index (κ2) is 24.2. The van der Waals surface area contributed by atoms with E-state index in [1.807, 2.05) is 48.5 Å². The van der Waals surface area contributed by atoms with Crippen LogP contribution in [-0.2, 0) is 6.42 Å². The van der Waals surface area contributed by atoms with Crippen LogP contribution in [0.3, 0.4) is 0 Å². The van der Waals surface area contributed by atoms with Gasteiger partial charge in [0, 0.05) is 22.3 Å². The van der Waals surface area contributed by atoms with E-state index >= 15 is 0 Å². The van der Waals surface area contributed by atoms with Crippen molar-refractivity contribution >= 4 is 22.8 Å². The summed E-state index contributed by atoms with van der Waals surface area (Å²) in [5, 5.41) is 0. The second-order valence-electron chi connectivity index (χ2n) is 15.3. The van der Waals surface area contributed by atoms with Crippen LogP contribution in [0, 0.1) is 0 Å². The SMILES string of the molecule is CCCCOc1ccc(C(=Nc2ccc(Cc3ccc(N=C(c4ccc(OCCCC)cc4)c4ccc(OCCCC)cc4)cc3)cc2)c2ccc(OCCCC)cc2)cc1. The molecule has 0 amide bonds. The molecule has 6 heteroatoms. The van der Waals surface area contributed by atoms with E-state index in [1.54, 1.807) is 0 Å². The van der Waals surface area contributed by atoms with Gasteiger partial charge >= 0.3 is 0 Å². The molecule has 6 nitrogen and oxygen atoms in total. The van der Waals surface area contributed by atoms with E-state index in [0.29, 0.717) is 0 Å². The zero-order valence-electron chi connectivity index (χ0n) is 36.6. The van der Waals surface area contributed by atoms with Crippen molar-refractivity contribution in [3.8, 4) is 23.0 Å². The molecule has 0 fully saturated rings. The van der Waals surface area contributed by atoms with Gasteiger partial charge in [-0.1, -0.05) is 77.6 Å². The highest BCUT2D eigenvalue weighted by Crippen LogP contribution is 2.26. The van der Waals surface area contributed by atoms with Gasteiger partial charge in [-0.25, -0.2) is 9.98 Å². The van der Waals surface area contributed by atoms with E-state index in [1.165, 1.54) is 11.1 Å². The lowest BCUT2D eigenvalue weighted by Crippen LogP contribution is -2.04. The quantitative estimate of drug-likeness (QED) is 0.0451. The van der Waals surface area contributed by atoms with Crippen LogP contribution in [0.25, 0.3) is 0 Å². The summed E-state index contributed by atoms with van der Waals surface area (Å²) >= 11 is 0. The molecule has 0 atom stereocenters. The third-order valence-corrected chi connectivity index (χ3v) is 10.3. The summed E-state index contributed by atoms with van der Waals surface area (Å²) in [4.78, 5) is 10.4. The number of hydrogen-bond acceptors (Lipinski definition) is 6. The minimum atomic E-state index is 0.719. The molecule has 0 unspecified atom stereocenters. The van der Waals surface area contributed by atoms with E-state index < -0.39 is 0 Å². The summed E-state index contributed by atoms with van der Waals surface area (Å²) in [6, 6.07) is 50.1. The molecule has 6 aromatic rings. The fraction of sp³-hybridized carbons (Fsp3) is 0.309. The van der Waals surface area contributed by atoms with E-state index in [0.717, 1.165) is 152 Å². The number of aliphatic imine (C=N–C) groups is 2. The van der Waals surface area contributed by atoms with Gasteiger partial charge in [-0.2, -0.15) is 0 Å². The first-order valence-electron chi connectivity index (χ1n) is 22.3. The Kier molecular flexibility index (Phi) is 17.6. The van der Waals surface area contributed by atoms with Crippen molar-refractivity contribution in [2.45, 2.75) is 85.5 Å². The highest BCUT2D eigenvalue weighted by atomic mass is 16.5. The monoisotopic (exact) mass is 814 g/mol. The average Bonchev–Trinajstić information content (AvgIpc) is 3.30. The standard InChI is InChI=1S/C55H62N2O4/c1-5-9-37-58-50-29-17-44(18-30-50)54(45-19-31-51(32-20-45)59-38-10-6-2)56-48-25-13-42(14-26-48)41-43-15-27-49(28-16-43)57-55(46-21-33-52(34-22-46)60-39-11-7-3)47-23-35-53(36-24-47)61-40-12-8-4/h13-36H,5-12,37-41H2,1-4H3. The van der Waals surface area contributed by atoms with Crippen molar-refractivity contribution < 1.29 is 18.9 Å². The number of nitrogens with zero attached hydrogens (tertiary/aromatic N) is 2. The maximum atomic E-state index is 5.95. The zero-order chi connectivity index (χ0) is 42.5. The molecule has 0 aliphatic carbocycles. The van der Waals surface area contributed by atoms with Crippen LogP contribution in [0.5, 0.6) is 23.0 Å². The predicted molar refractivity (Wildman–Crippen MR) is 254 cm³/mol. The summed E-state index contributed by atoms with van der Waals surface area (Å²) in [5.74, 6) is 3.49. The maximum Gasteiger partial charge on any atom is 0.119 e. The van der Waals surface area contributed by atoms with Gasteiger partial charge in [-0.3, -0.25) is 0 Å². The molecule has 316 valence electrons. The summed E-state index contributed by atoms with van der Waals surface area (Å²) in [6.45, 7) is 11.6. The number of rotatable bonds is 24.